The molecule has 1 aliphatic rings. The first-order valence-electron chi connectivity index (χ1n) is 11.5. The normalized spacial score (nSPS) is 13.9. The summed E-state index contributed by atoms with van der Waals surface area (Å²) in [6, 6.07) is 18.9. The number of hydrogen-bond acceptors (Lipinski definition) is 6. The highest BCUT2D eigenvalue weighted by Gasteiger charge is 2.28. The number of nitrogens with one attached hydrogen (secondary N) is 2. The number of fused-ring (bicyclic) bond motifs is 2. The largest absolute Gasteiger partial charge is 0.455 e. The molecule has 3 aromatic carbocycles. The first kappa shape index (κ1) is 23.0. The summed E-state index contributed by atoms with van der Waals surface area (Å²) in [4.78, 5) is 36.2. The number of hydrazone groups is 1. The Kier molecular flexibility index (Phi) is 6.03. The molecule has 0 saturated heterocycles. The molecule has 0 radical (unpaired) electrons. The Bertz CT molecular complexity index is 1550. The predicted molar refractivity (Wildman–Crippen MR) is 135 cm³/mol. The van der Waals surface area contributed by atoms with E-state index in [0.29, 0.717) is 41.1 Å². The zero-order valence-corrected chi connectivity index (χ0v) is 19.4. The summed E-state index contributed by atoms with van der Waals surface area (Å²) in [7, 11) is 0. The summed E-state index contributed by atoms with van der Waals surface area (Å²) in [6.07, 6.45) is 1.98. The average Bonchev–Trinajstić information content (AvgIpc) is 3.24. The third-order valence-electron chi connectivity index (χ3n) is 6.18. The summed E-state index contributed by atoms with van der Waals surface area (Å²) in [5.74, 6) is -0.0793. The smallest absolute Gasteiger partial charge is 0.291 e. The number of carbonyl (C=O) groups excluding carboxylic acids is 2. The van der Waals surface area contributed by atoms with Crippen molar-refractivity contribution in [3.8, 4) is 0 Å². The summed E-state index contributed by atoms with van der Waals surface area (Å²) in [5, 5.41) is 20.2. The Morgan fingerprint density at radius 2 is 1.78 bits per heavy atom. The van der Waals surface area contributed by atoms with E-state index in [0.717, 1.165) is 17.2 Å². The number of benzene rings is 3. The van der Waals surface area contributed by atoms with Crippen molar-refractivity contribution in [1.29, 1.82) is 0 Å². The monoisotopic (exact) mass is 482 g/mol. The predicted octanol–water partition coefficient (Wildman–Crippen LogP) is 5.37. The van der Waals surface area contributed by atoms with Crippen LogP contribution in [0.3, 0.4) is 0 Å². The van der Waals surface area contributed by atoms with Crippen molar-refractivity contribution in [2.24, 2.45) is 5.10 Å². The number of non-ortho nitro benzene ring substituents is 1. The molecule has 4 aromatic rings. The second-order valence-corrected chi connectivity index (χ2v) is 8.50. The van der Waals surface area contributed by atoms with Gasteiger partial charge in [0.25, 0.3) is 17.5 Å². The molecule has 1 heterocycles. The van der Waals surface area contributed by atoms with Crippen LogP contribution in [0.25, 0.3) is 10.8 Å². The SMILES string of the molecule is Cc1c(C(=O)Nc2cccc3ccccc23)oc2c1/C(=N/NC(=O)c1cccc([N+](=O)[O-])c1)CCC2. The van der Waals surface area contributed by atoms with E-state index in [4.69, 9.17) is 4.42 Å². The number of hydrogen-bond donors (Lipinski definition) is 2. The maximum Gasteiger partial charge on any atom is 0.291 e. The van der Waals surface area contributed by atoms with E-state index in [1.165, 1.54) is 24.3 Å². The van der Waals surface area contributed by atoms with E-state index in [1.54, 1.807) is 6.92 Å². The fourth-order valence-corrected chi connectivity index (χ4v) is 4.45. The molecular weight excluding hydrogens is 460 g/mol. The second-order valence-electron chi connectivity index (χ2n) is 8.50. The van der Waals surface area contributed by atoms with Crippen LogP contribution in [0.2, 0.25) is 0 Å². The minimum Gasteiger partial charge on any atom is -0.455 e. The molecule has 0 fully saturated rings. The number of aryl methyl sites for hydroxylation is 1. The second kappa shape index (κ2) is 9.46. The minimum absolute atomic E-state index is 0.128. The molecule has 36 heavy (non-hydrogen) atoms. The van der Waals surface area contributed by atoms with Crippen molar-refractivity contribution in [2.45, 2.75) is 26.2 Å². The highest BCUT2D eigenvalue weighted by molar-refractivity contribution is 6.11. The van der Waals surface area contributed by atoms with Crippen LogP contribution in [0.5, 0.6) is 0 Å². The standard InChI is InChI=1S/C27H22N4O5/c1-16-24-22(29-30-26(32)18-9-4-10-19(15-18)31(34)35)13-6-14-23(24)36-25(16)27(33)28-21-12-5-8-17-7-2-3-11-20(17)21/h2-5,7-12,15H,6,13-14H2,1H3,(H,28,33)(H,30,32)/b29-22+. The molecule has 9 heteroatoms. The van der Waals surface area contributed by atoms with Gasteiger partial charge in [0.1, 0.15) is 5.76 Å². The van der Waals surface area contributed by atoms with E-state index in [1.807, 2.05) is 42.5 Å². The molecule has 0 atom stereocenters. The van der Waals surface area contributed by atoms with Crippen LogP contribution >= 0.6 is 0 Å². The van der Waals surface area contributed by atoms with Crippen molar-refractivity contribution in [1.82, 2.24) is 5.43 Å². The molecule has 5 rings (SSSR count). The fourth-order valence-electron chi connectivity index (χ4n) is 4.45. The number of anilines is 1. The summed E-state index contributed by atoms with van der Waals surface area (Å²) in [5.41, 5.74) is 5.07. The van der Waals surface area contributed by atoms with Gasteiger partial charge in [-0.3, -0.25) is 19.7 Å². The quantitative estimate of drug-likeness (QED) is 0.292. The van der Waals surface area contributed by atoms with Crippen molar-refractivity contribution in [3.05, 3.63) is 105 Å². The van der Waals surface area contributed by atoms with Crippen LogP contribution in [0.4, 0.5) is 11.4 Å². The fraction of sp³-hybridized carbons (Fsp3) is 0.148. The maximum absolute atomic E-state index is 13.2. The molecule has 1 aromatic heterocycles. The molecule has 180 valence electrons. The maximum atomic E-state index is 13.2. The Balaban J connectivity index is 1.40. The zero-order chi connectivity index (χ0) is 25.2. The Morgan fingerprint density at radius 1 is 1.00 bits per heavy atom. The number of nitrogens with zero attached hydrogens (tertiary/aromatic N) is 2. The van der Waals surface area contributed by atoms with Crippen molar-refractivity contribution in [3.63, 3.8) is 0 Å². The molecule has 0 bridgehead atoms. The molecule has 2 N–H and O–H groups in total. The van der Waals surface area contributed by atoms with E-state index in [2.05, 4.69) is 15.8 Å². The van der Waals surface area contributed by atoms with Gasteiger partial charge in [-0.25, -0.2) is 5.43 Å². The number of carbonyl (C=O) groups is 2. The summed E-state index contributed by atoms with van der Waals surface area (Å²) >= 11 is 0. The molecule has 2 amide bonds. The van der Waals surface area contributed by atoms with Crippen LogP contribution in [0.15, 0.2) is 76.2 Å². The average molecular weight is 482 g/mol. The molecule has 9 nitrogen and oxygen atoms in total. The molecule has 0 unspecified atom stereocenters. The van der Waals surface area contributed by atoms with Gasteiger partial charge in [0, 0.05) is 46.3 Å². The number of furan rings is 1. The molecule has 1 aliphatic carbocycles. The summed E-state index contributed by atoms with van der Waals surface area (Å²) < 4.78 is 5.97. The number of nitro benzene ring substituents is 1. The Labute approximate surface area is 206 Å². The Morgan fingerprint density at radius 3 is 2.61 bits per heavy atom. The van der Waals surface area contributed by atoms with E-state index >= 15 is 0 Å². The van der Waals surface area contributed by atoms with E-state index in [-0.39, 0.29) is 22.9 Å². The van der Waals surface area contributed by atoms with Gasteiger partial charge >= 0.3 is 0 Å². The number of amides is 2. The van der Waals surface area contributed by atoms with E-state index in [9.17, 15) is 19.7 Å². The van der Waals surface area contributed by atoms with Gasteiger partial charge in [0.2, 0.25) is 0 Å². The van der Waals surface area contributed by atoms with Gasteiger partial charge < -0.3 is 9.73 Å². The lowest BCUT2D eigenvalue weighted by molar-refractivity contribution is -0.384. The van der Waals surface area contributed by atoms with Crippen LogP contribution in [0, 0.1) is 17.0 Å². The summed E-state index contributed by atoms with van der Waals surface area (Å²) in [6.45, 7) is 1.80. The number of rotatable bonds is 5. The van der Waals surface area contributed by atoms with Crippen molar-refractivity contribution in [2.75, 3.05) is 5.32 Å². The topological polar surface area (TPSA) is 127 Å². The van der Waals surface area contributed by atoms with Crippen molar-refractivity contribution < 1.29 is 18.9 Å². The van der Waals surface area contributed by atoms with Gasteiger partial charge in [-0.1, -0.05) is 42.5 Å². The van der Waals surface area contributed by atoms with Gasteiger partial charge in [-0.2, -0.15) is 5.10 Å². The van der Waals surface area contributed by atoms with Gasteiger partial charge in [-0.15, -0.1) is 0 Å². The van der Waals surface area contributed by atoms with Crippen LogP contribution in [-0.4, -0.2) is 22.4 Å². The Hall–Kier alpha value is -4.79. The van der Waals surface area contributed by atoms with Gasteiger partial charge in [-0.05, 0) is 37.3 Å². The molecule has 0 saturated carbocycles. The van der Waals surface area contributed by atoms with Gasteiger partial charge in [0.15, 0.2) is 5.76 Å². The lowest BCUT2D eigenvalue weighted by atomic mass is 9.93. The van der Waals surface area contributed by atoms with Crippen LogP contribution in [-0.2, 0) is 6.42 Å². The van der Waals surface area contributed by atoms with Crippen LogP contribution in [0.1, 0.15) is 50.6 Å². The first-order chi connectivity index (χ1) is 17.4. The molecular formula is C27H22N4O5. The van der Waals surface area contributed by atoms with E-state index < -0.39 is 10.8 Å². The van der Waals surface area contributed by atoms with Gasteiger partial charge in [0.05, 0.1) is 10.6 Å². The molecule has 0 aliphatic heterocycles. The molecule has 0 spiro atoms. The first-order valence-corrected chi connectivity index (χ1v) is 11.5. The third kappa shape index (κ3) is 4.34. The lowest BCUT2D eigenvalue weighted by Gasteiger charge is -2.13. The lowest BCUT2D eigenvalue weighted by Crippen LogP contribution is -2.22. The number of nitro groups is 1. The highest BCUT2D eigenvalue weighted by Crippen LogP contribution is 2.31. The third-order valence-corrected chi connectivity index (χ3v) is 6.18. The van der Waals surface area contributed by atoms with Crippen LogP contribution < -0.4 is 10.7 Å². The minimum atomic E-state index is -0.562. The highest BCUT2D eigenvalue weighted by atomic mass is 16.6. The van der Waals surface area contributed by atoms with Crippen molar-refractivity contribution >= 4 is 39.7 Å². The zero-order valence-electron chi connectivity index (χ0n) is 19.4.